The highest BCUT2D eigenvalue weighted by atomic mass is 16.7. The van der Waals surface area contributed by atoms with Crippen LogP contribution in [0.2, 0.25) is 0 Å². The first-order chi connectivity index (χ1) is 12.6. The molecule has 0 saturated carbocycles. The van der Waals surface area contributed by atoms with Crippen molar-refractivity contribution < 1.29 is 29.9 Å². The summed E-state index contributed by atoms with van der Waals surface area (Å²) >= 11 is 0. The summed E-state index contributed by atoms with van der Waals surface area (Å²) in [6.07, 6.45) is -1.02. The van der Waals surface area contributed by atoms with Gasteiger partial charge in [0.1, 0.15) is 23.7 Å². The second-order valence-electron chi connectivity index (χ2n) is 6.31. The van der Waals surface area contributed by atoms with Crippen LogP contribution in [0.5, 0.6) is 11.5 Å². The first-order valence-corrected chi connectivity index (χ1v) is 8.73. The van der Waals surface area contributed by atoms with Gasteiger partial charge in [0, 0.05) is 18.1 Å². The number of aliphatic hydroxyl groups is 2. The highest BCUT2D eigenvalue weighted by Gasteiger charge is 2.36. The van der Waals surface area contributed by atoms with E-state index >= 15 is 0 Å². The molecule has 2 atom stereocenters. The molecule has 0 unspecified atom stereocenters. The molecule has 4 N–H and O–H groups in total. The summed E-state index contributed by atoms with van der Waals surface area (Å²) in [5, 5.41) is 39.5. The summed E-state index contributed by atoms with van der Waals surface area (Å²) in [5.74, 6) is 0.00593. The van der Waals surface area contributed by atoms with Crippen molar-refractivity contribution >= 4 is 0 Å². The van der Waals surface area contributed by atoms with Crippen LogP contribution in [0, 0.1) is 0 Å². The molecule has 0 radical (unpaired) electrons. The van der Waals surface area contributed by atoms with Gasteiger partial charge in [-0.15, -0.1) is 0 Å². The van der Waals surface area contributed by atoms with Gasteiger partial charge in [0.05, 0.1) is 13.2 Å². The number of aromatic hydroxyl groups is 2. The largest absolute Gasteiger partial charge is 0.508 e. The summed E-state index contributed by atoms with van der Waals surface area (Å²) in [5.41, 5.74) is 2.89. The van der Waals surface area contributed by atoms with Crippen LogP contribution in [0.15, 0.2) is 36.4 Å². The van der Waals surface area contributed by atoms with Gasteiger partial charge in [0.15, 0.2) is 6.29 Å². The van der Waals surface area contributed by atoms with Gasteiger partial charge in [-0.05, 0) is 23.1 Å². The molecule has 0 amide bonds. The molecule has 1 aliphatic heterocycles. The van der Waals surface area contributed by atoms with Gasteiger partial charge in [-0.1, -0.05) is 37.3 Å². The Balaban J connectivity index is 2.02. The number of phenolic OH excluding ortho intramolecular Hbond substituents is 2. The van der Waals surface area contributed by atoms with Gasteiger partial charge < -0.3 is 29.9 Å². The van der Waals surface area contributed by atoms with Crippen LogP contribution in [0.3, 0.4) is 0 Å². The van der Waals surface area contributed by atoms with E-state index in [-0.39, 0.29) is 31.1 Å². The van der Waals surface area contributed by atoms with Crippen LogP contribution >= 0.6 is 0 Å². The first-order valence-electron chi connectivity index (χ1n) is 8.73. The average Bonchev–Trinajstić information content (AvgIpc) is 3.04. The molecule has 6 nitrogen and oxygen atoms in total. The molecule has 1 heterocycles. The van der Waals surface area contributed by atoms with Crippen molar-refractivity contribution in [1.82, 2.24) is 0 Å². The Morgan fingerprint density at radius 3 is 2.04 bits per heavy atom. The van der Waals surface area contributed by atoms with Crippen LogP contribution < -0.4 is 0 Å². The van der Waals surface area contributed by atoms with E-state index < -0.39 is 18.5 Å². The molecule has 1 saturated heterocycles. The molecule has 3 rings (SSSR count). The molecule has 2 aromatic rings. The number of hydrogen-bond donors (Lipinski definition) is 4. The third-order valence-corrected chi connectivity index (χ3v) is 4.72. The second-order valence-corrected chi connectivity index (χ2v) is 6.31. The van der Waals surface area contributed by atoms with Gasteiger partial charge in [-0.25, -0.2) is 0 Å². The monoisotopic (exact) mass is 360 g/mol. The fourth-order valence-corrected chi connectivity index (χ4v) is 3.48. The summed E-state index contributed by atoms with van der Waals surface area (Å²) in [6.45, 7) is 1.42. The number of rotatable bonds is 6. The van der Waals surface area contributed by atoms with E-state index in [0.29, 0.717) is 17.5 Å². The molecule has 0 spiro atoms. The van der Waals surface area contributed by atoms with Crippen LogP contribution in [0.25, 0.3) is 11.1 Å². The smallest absolute Gasteiger partial charge is 0.162 e. The maximum atomic E-state index is 10.5. The van der Waals surface area contributed by atoms with Gasteiger partial charge in [-0.2, -0.15) is 0 Å². The normalized spacial score (nSPS) is 20.6. The second kappa shape index (κ2) is 8.05. The van der Waals surface area contributed by atoms with E-state index in [9.17, 15) is 20.4 Å². The van der Waals surface area contributed by atoms with E-state index in [4.69, 9.17) is 9.47 Å². The number of benzene rings is 2. The quantitative estimate of drug-likeness (QED) is 0.629. The van der Waals surface area contributed by atoms with E-state index in [1.807, 2.05) is 37.3 Å². The fourth-order valence-electron chi connectivity index (χ4n) is 3.48. The molecule has 0 aromatic heterocycles. The van der Waals surface area contributed by atoms with E-state index in [1.54, 1.807) is 0 Å². The Hall–Kier alpha value is -2.12. The lowest BCUT2D eigenvalue weighted by Crippen LogP contribution is -2.29. The minimum atomic E-state index is -0.682. The Morgan fingerprint density at radius 1 is 0.885 bits per heavy atom. The fraction of sp³-hybridized carbons (Fsp3) is 0.400. The van der Waals surface area contributed by atoms with Gasteiger partial charge in [0.2, 0.25) is 0 Å². The zero-order valence-electron chi connectivity index (χ0n) is 14.6. The first kappa shape index (κ1) is 18.7. The predicted octanol–water partition coefficient (Wildman–Crippen LogP) is 1.96. The van der Waals surface area contributed by atoms with Crippen molar-refractivity contribution in [2.75, 3.05) is 13.2 Å². The topological polar surface area (TPSA) is 99.4 Å². The minimum Gasteiger partial charge on any atom is -0.508 e. The van der Waals surface area contributed by atoms with Crippen molar-refractivity contribution in [1.29, 1.82) is 0 Å². The van der Waals surface area contributed by atoms with Crippen molar-refractivity contribution in [2.45, 2.75) is 38.3 Å². The highest BCUT2D eigenvalue weighted by Crippen LogP contribution is 2.41. The zero-order valence-corrected chi connectivity index (χ0v) is 14.6. The lowest BCUT2D eigenvalue weighted by Gasteiger charge is -2.20. The molecule has 1 aliphatic rings. The Labute approximate surface area is 152 Å². The van der Waals surface area contributed by atoms with Crippen molar-refractivity contribution in [3.8, 4) is 22.6 Å². The number of aliphatic hydroxyl groups excluding tert-OH is 2. The van der Waals surface area contributed by atoms with Crippen LogP contribution in [0.1, 0.15) is 18.1 Å². The van der Waals surface area contributed by atoms with E-state index in [0.717, 1.165) is 11.1 Å². The predicted molar refractivity (Wildman–Crippen MR) is 96.0 cm³/mol. The maximum Gasteiger partial charge on any atom is 0.162 e. The molecular formula is C20H24O6. The van der Waals surface area contributed by atoms with Crippen LogP contribution in [-0.4, -0.2) is 52.1 Å². The highest BCUT2D eigenvalue weighted by molar-refractivity contribution is 5.77. The molecule has 140 valence electrons. The van der Waals surface area contributed by atoms with E-state index in [1.165, 1.54) is 6.07 Å². The lowest BCUT2D eigenvalue weighted by atomic mass is 9.90. The summed E-state index contributed by atoms with van der Waals surface area (Å²) in [6, 6.07) is 10.8. The molecule has 26 heavy (non-hydrogen) atoms. The van der Waals surface area contributed by atoms with E-state index in [2.05, 4.69) is 0 Å². The molecule has 0 aliphatic carbocycles. The SMILES string of the molecule is CCc1c(O)cc(O)c(-c2ccccc2)c1CC1O[C@H](CO)[C@@H](CO)O1. The number of phenols is 2. The zero-order chi connectivity index (χ0) is 18.7. The molecule has 1 fully saturated rings. The molecule has 0 bridgehead atoms. The minimum absolute atomic E-state index is 0.0173. The molecule has 2 aromatic carbocycles. The third-order valence-electron chi connectivity index (χ3n) is 4.72. The van der Waals surface area contributed by atoms with Crippen molar-refractivity contribution in [3.63, 3.8) is 0 Å². The van der Waals surface area contributed by atoms with Crippen molar-refractivity contribution in [2.24, 2.45) is 0 Å². The van der Waals surface area contributed by atoms with Crippen molar-refractivity contribution in [3.05, 3.63) is 47.5 Å². The Kier molecular flexibility index (Phi) is 5.78. The summed E-state index contributed by atoms with van der Waals surface area (Å²) in [7, 11) is 0. The Morgan fingerprint density at radius 2 is 1.50 bits per heavy atom. The summed E-state index contributed by atoms with van der Waals surface area (Å²) < 4.78 is 11.4. The van der Waals surface area contributed by atoms with Gasteiger partial charge >= 0.3 is 0 Å². The number of ether oxygens (including phenoxy) is 2. The summed E-state index contributed by atoms with van der Waals surface area (Å²) in [4.78, 5) is 0. The Bertz CT molecular complexity index is 734. The molecule has 6 heteroatoms. The third kappa shape index (κ3) is 3.54. The standard InChI is InChI=1S/C20H24O6/c1-2-13-14(8-19-25-17(10-21)18(11-22)26-19)20(16(24)9-15(13)23)12-6-4-3-5-7-12/h3-7,9,17-19,21-24H,2,8,10-11H2,1H3/t17-,18-/m1/s1. The van der Waals surface area contributed by atoms with Crippen LogP contribution in [-0.2, 0) is 22.3 Å². The average molecular weight is 360 g/mol. The lowest BCUT2D eigenvalue weighted by molar-refractivity contribution is -0.0725. The molecular weight excluding hydrogens is 336 g/mol. The van der Waals surface area contributed by atoms with Gasteiger partial charge in [0.25, 0.3) is 0 Å². The number of hydrogen-bond acceptors (Lipinski definition) is 6. The maximum absolute atomic E-state index is 10.5. The van der Waals surface area contributed by atoms with Gasteiger partial charge in [-0.3, -0.25) is 0 Å². The van der Waals surface area contributed by atoms with Crippen LogP contribution in [0.4, 0.5) is 0 Å².